The zero-order chi connectivity index (χ0) is 25.0. The van der Waals surface area contributed by atoms with Crippen molar-refractivity contribution < 1.29 is 24.9 Å². The third-order valence-corrected chi connectivity index (χ3v) is 10.3. The van der Waals surface area contributed by atoms with Crippen molar-refractivity contribution in [2.45, 2.75) is 76.9 Å². The quantitative estimate of drug-likeness (QED) is 0.516. The van der Waals surface area contributed by atoms with Crippen LogP contribution in [-0.4, -0.2) is 60.6 Å². The predicted molar refractivity (Wildman–Crippen MR) is 129 cm³/mol. The van der Waals surface area contributed by atoms with Gasteiger partial charge in [-0.2, -0.15) is 15.4 Å². The molecule has 6 rings (SSSR count). The van der Waals surface area contributed by atoms with Crippen molar-refractivity contribution in [3.05, 3.63) is 24.3 Å². The van der Waals surface area contributed by atoms with Gasteiger partial charge in [-0.15, -0.1) is 0 Å². The zero-order valence-electron chi connectivity index (χ0n) is 20.6. The summed E-state index contributed by atoms with van der Waals surface area (Å²) >= 11 is 0. The molecule has 1 aromatic heterocycles. The predicted octanol–water partition coefficient (Wildman–Crippen LogP) is 2.82. The lowest BCUT2D eigenvalue weighted by Gasteiger charge is -2.60. The van der Waals surface area contributed by atoms with E-state index in [0.717, 1.165) is 49.6 Å². The molecular formula is C27H37N3O5. The van der Waals surface area contributed by atoms with Gasteiger partial charge in [-0.1, -0.05) is 26.0 Å². The van der Waals surface area contributed by atoms with Crippen LogP contribution in [0.1, 0.15) is 65.2 Å². The molecule has 0 bridgehead atoms. The molecule has 0 spiro atoms. The van der Waals surface area contributed by atoms with Gasteiger partial charge in [-0.25, -0.2) is 0 Å². The average Bonchev–Trinajstić information content (AvgIpc) is 3.42. The van der Waals surface area contributed by atoms with Gasteiger partial charge >= 0.3 is 0 Å². The van der Waals surface area contributed by atoms with E-state index in [1.54, 1.807) is 0 Å². The molecule has 4 fully saturated rings. The van der Waals surface area contributed by atoms with Gasteiger partial charge in [0.2, 0.25) is 0 Å². The number of hydrogen-bond acceptors (Lipinski definition) is 7. The van der Waals surface area contributed by atoms with Crippen molar-refractivity contribution in [1.29, 1.82) is 0 Å². The van der Waals surface area contributed by atoms with Crippen LogP contribution in [0.4, 0.5) is 0 Å². The minimum atomic E-state index is -1.58. The number of hydrogen-bond donors (Lipinski definition) is 4. The lowest BCUT2D eigenvalue weighted by molar-refractivity contribution is -0.180. The van der Waals surface area contributed by atoms with Crippen LogP contribution >= 0.6 is 0 Å². The van der Waals surface area contributed by atoms with Gasteiger partial charge in [-0.05, 0) is 80.2 Å². The first-order chi connectivity index (χ1) is 16.6. The second-order valence-electron chi connectivity index (χ2n) is 11.8. The molecule has 0 radical (unpaired) electrons. The van der Waals surface area contributed by atoms with Crippen LogP contribution in [-0.2, 0) is 9.59 Å². The number of carbonyl (C=O) groups is 2. The Morgan fingerprint density at radius 3 is 2.43 bits per heavy atom. The number of ketones is 2. The first kappa shape index (κ1) is 24.5. The Bertz CT molecular complexity index is 1090. The lowest BCUT2D eigenvalue weighted by atomic mass is 9.44. The normalized spacial score (nSPS) is 42.4. The van der Waals surface area contributed by atoms with Crippen LogP contribution in [0.25, 0.3) is 11.0 Å². The maximum Gasteiger partial charge on any atom is 0.190 e. The minimum absolute atomic E-state index is 0.0154. The van der Waals surface area contributed by atoms with E-state index in [1.165, 1.54) is 0 Å². The highest BCUT2D eigenvalue weighted by Crippen LogP contribution is 2.67. The first-order valence-corrected chi connectivity index (χ1v) is 13.0. The molecule has 4 aliphatic rings. The third kappa shape index (κ3) is 3.67. The van der Waals surface area contributed by atoms with Crippen molar-refractivity contribution in [1.82, 2.24) is 15.4 Å². The maximum atomic E-state index is 13.4. The van der Waals surface area contributed by atoms with E-state index in [2.05, 4.69) is 22.3 Å². The van der Waals surface area contributed by atoms with Gasteiger partial charge < -0.3 is 15.3 Å². The number of para-hydroxylation sites is 2. The van der Waals surface area contributed by atoms with E-state index in [9.17, 15) is 24.9 Å². The van der Waals surface area contributed by atoms with Crippen molar-refractivity contribution >= 4 is 22.6 Å². The number of aromatic nitrogens is 3. The highest BCUT2D eigenvalue weighted by atomic mass is 16.3. The number of nitrogens with one attached hydrogen (secondary N) is 1. The van der Waals surface area contributed by atoms with E-state index >= 15 is 0 Å². The molecule has 0 aliphatic heterocycles. The molecule has 35 heavy (non-hydrogen) atoms. The van der Waals surface area contributed by atoms with Crippen LogP contribution in [0.3, 0.4) is 0 Å². The molecule has 1 heterocycles. The second-order valence-corrected chi connectivity index (χ2v) is 11.8. The standard InChI is InChI=1S/C21H32O5.C6H5N3/c1-19-7-5-13(23)9-12(19)3-4-14-15-6-8-21(26,17(25)11-22)20(15,2)10-16(24)18(14)19;1-2-4-6-5(3-1)7-9-8-6/h12-15,18,22-23,26H,3-11H2,1-2H3;1-4H,(H,7,8,9)/t12-,13-,14+,15+,18-,19+,20+,21+;/m1./s1. The molecule has 8 heteroatoms. The van der Waals surface area contributed by atoms with Gasteiger partial charge in [0.05, 0.1) is 6.10 Å². The SMILES string of the molecule is C[C@]12CC[C@@H](O)C[C@H]1CC[C@@H]1[C@@H]2C(=O)C[C@@]2(C)[C@H]1CC[C@]2(O)C(=O)CO.c1ccc2n[nH]nc2c1. The summed E-state index contributed by atoms with van der Waals surface area (Å²) in [4.78, 5) is 25.7. The zero-order valence-corrected chi connectivity index (χ0v) is 20.6. The van der Waals surface area contributed by atoms with Crippen LogP contribution in [0.15, 0.2) is 24.3 Å². The van der Waals surface area contributed by atoms with Crippen LogP contribution in [0, 0.1) is 34.5 Å². The Morgan fingerprint density at radius 2 is 1.77 bits per heavy atom. The molecule has 2 aromatic rings. The summed E-state index contributed by atoms with van der Waals surface area (Å²) in [5.41, 5.74) is -0.576. The van der Waals surface area contributed by atoms with Gasteiger partial charge in [0.25, 0.3) is 0 Å². The fourth-order valence-electron chi connectivity index (χ4n) is 8.43. The number of benzene rings is 1. The van der Waals surface area contributed by atoms with Crippen molar-refractivity contribution in [2.75, 3.05) is 6.61 Å². The molecule has 8 atom stereocenters. The average molecular weight is 484 g/mol. The van der Waals surface area contributed by atoms with Gasteiger partial charge in [-0.3, -0.25) is 9.59 Å². The summed E-state index contributed by atoms with van der Waals surface area (Å²) in [7, 11) is 0. The fraction of sp³-hybridized carbons (Fsp3) is 0.704. The topological polar surface area (TPSA) is 136 Å². The molecular weight excluding hydrogens is 446 g/mol. The van der Waals surface area contributed by atoms with Crippen molar-refractivity contribution in [3.8, 4) is 0 Å². The Kier molecular flexibility index (Phi) is 6.13. The van der Waals surface area contributed by atoms with E-state index in [1.807, 2.05) is 31.2 Å². The van der Waals surface area contributed by atoms with Gasteiger partial charge in [0, 0.05) is 17.8 Å². The molecule has 4 N–H and O–H groups in total. The number of H-pyrrole nitrogens is 1. The number of aromatic amines is 1. The highest BCUT2D eigenvalue weighted by Gasteiger charge is 2.68. The minimum Gasteiger partial charge on any atom is -0.393 e. The third-order valence-electron chi connectivity index (χ3n) is 10.3. The van der Waals surface area contributed by atoms with Gasteiger partial charge in [0.15, 0.2) is 5.78 Å². The molecule has 0 amide bonds. The number of aliphatic hydroxyl groups excluding tert-OH is 2. The Labute approximate surface area is 205 Å². The second kappa shape index (κ2) is 8.75. The molecule has 0 unspecified atom stereocenters. The molecule has 4 aliphatic carbocycles. The summed E-state index contributed by atoms with van der Waals surface area (Å²) < 4.78 is 0. The number of fused-ring (bicyclic) bond motifs is 6. The fourth-order valence-corrected chi connectivity index (χ4v) is 8.43. The number of carbonyl (C=O) groups excluding carboxylic acids is 2. The molecule has 8 nitrogen and oxygen atoms in total. The lowest BCUT2D eigenvalue weighted by Crippen LogP contribution is -2.62. The van der Waals surface area contributed by atoms with Crippen LogP contribution in [0.5, 0.6) is 0 Å². The van der Waals surface area contributed by atoms with Crippen LogP contribution < -0.4 is 0 Å². The van der Waals surface area contributed by atoms with E-state index in [-0.39, 0.29) is 41.5 Å². The van der Waals surface area contributed by atoms with Crippen LogP contribution in [0.2, 0.25) is 0 Å². The number of rotatable bonds is 2. The van der Waals surface area contributed by atoms with Gasteiger partial charge in [0.1, 0.15) is 29.0 Å². The summed E-state index contributed by atoms with van der Waals surface area (Å²) in [5, 5.41) is 40.9. The maximum absolute atomic E-state index is 13.4. The number of aliphatic hydroxyl groups is 3. The Balaban J connectivity index is 0.000000234. The van der Waals surface area contributed by atoms with E-state index in [0.29, 0.717) is 12.3 Å². The summed E-state index contributed by atoms with van der Waals surface area (Å²) in [5.74, 6) is 0.380. The smallest absolute Gasteiger partial charge is 0.190 e. The summed E-state index contributed by atoms with van der Waals surface area (Å²) in [6, 6.07) is 7.70. The molecule has 0 saturated heterocycles. The number of nitrogens with zero attached hydrogens (tertiary/aromatic N) is 2. The molecule has 1 aromatic carbocycles. The van der Waals surface area contributed by atoms with Crippen molar-refractivity contribution in [2.24, 2.45) is 34.5 Å². The Morgan fingerprint density at radius 1 is 1.09 bits per heavy atom. The first-order valence-electron chi connectivity index (χ1n) is 13.0. The summed E-state index contributed by atoms with van der Waals surface area (Å²) in [6.07, 6.45) is 5.47. The molecule has 190 valence electrons. The molecule has 4 saturated carbocycles. The highest BCUT2D eigenvalue weighted by molar-refractivity contribution is 5.92. The number of Topliss-reactive ketones (excluding diaryl/α,β-unsaturated/α-hetero) is 2. The monoisotopic (exact) mass is 483 g/mol. The summed E-state index contributed by atoms with van der Waals surface area (Å²) in [6.45, 7) is 3.46. The van der Waals surface area contributed by atoms with E-state index < -0.39 is 23.4 Å². The van der Waals surface area contributed by atoms with Crippen molar-refractivity contribution in [3.63, 3.8) is 0 Å². The Hall–Kier alpha value is -2.16. The largest absolute Gasteiger partial charge is 0.393 e. The van der Waals surface area contributed by atoms with E-state index in [4.69, 9.17) is 0 Å².